The summed E-state index contributed by atoms with van der Waals surface area (Å²) in [6.07, 6.45) is 1.72. The number of para-hydroxylation sites is 2. The Morgan fingerprint density at radius 1 is 0.929 bits per heavy atom. The number of nitrogens with one attached hydrogen (secondary N) is 1. The third-order valence-electron chi connectivity index (χ3n) is 4.22. The van der Waals surface area contributed by atoms with Gasteiger partial charge in [0.2, 0.25) is 0 Å². The number of benzene rings is 3. The fourth-order valence-corrected chi connectivity index (χ4v) is 3.09. The van der Waals surface area contributed by atoms with Crippen LogP contribution in [0.15, 0.2) is 82.4 Å². The second-order valence-electron chi connectivity index (χ2n) is 6.03. The summed E-state index contributed by atoms with van der Waals surface area (Å²) in [7, 11) is 1.64. The molecule has 0 saturated carbocycles. The summed E-state index contributed by atoms with van der Waals surface area (Å²) in [6.45, 7) is 0. The number of halogens is 1. The molecule has 0 spiro atoms. The van der Waals surface area contributed by atoms with Crippen molar-refractivity contribution < 1.29 is 4.74 Å². The highest BCUT2D eigenvalue weighted by Crippen LogP contribution is 2.26. The molecule has 5 nitrogen and oxygen atoms in total. The highest BCUT2D eigenvalue weighted by Gasteiger charge is 2.09. The SMILES string of the molecule is COc1ccccc1/C=N/Nc1nc(-c2ccc(Br)cc2)nc2ccccc12. The van der Waals surface area contributed by atoms with E-state index in [1.165, 1.54) is 0 Å². The Hall–Kier alpha value is -3.25. The summed E-state index contributed by atoms with van der Waals surface area (Å²) in [5.41, 5.74) is 5.73. The van der Waals surface area contributed by atoms with Crippen LogP contribution in [0.25, 0.3) is 22.3 Å². The Balaban J connectivity index is 1.71. The van der Waals surface area contributed by atoms with Crippen LogP contribution in [-0.4, -0.2) is 23.3 Å². The highest BCUT2D eigenvalue weighted by molar-refractivity contribution is 9.10. The second-order valence-corrected chi connectivity index (χ2v) is 6.95. The maximum Gasteiger partial charge on any atom is 0.162 e. The van der Waals surface area contributed by atoms with Crippen LogP contribution in [0.3, 0.4) is 0 Å². The van der Waals surface area contributed by atoms with E-state index >= 15 is 0 Å². The molecule has 6 heteroatoms. The van der Waals surface area contributed by atoms with E-state index in [1.54, 1.807) is 13.3 Å². The first-order valence-electron chi connectivity index (χ1n) is 8.69. The number of hydrogen-bond acceptors (Lipinski definition) is 5. The summed E-state index contributed by atoms with van der Waals surface area (Å²) in [5, 5.41) is 5.27. The first-order valence-corrected chi connectivity index (χ1v) is 9.49. The molecular formula is C22H17BrN4O. The Morgan fingerprint density at radius 2 is 1.68 bits per heavy atom. The fourth-order valence-electron chi connectivity index (χ4n) is 2.83. The number of anilines is 1. The first-order chi connectivity index (χ1) is 13.7. The third kappa shape index (κ3) is 3.87. The van der Waals surface area contributed by atoms with Crippen molar-refractivity contribution in [2.24, 2.45) is 5.10 Å². The first kappa shape index (κ1) is 18.1. The molecule has 138 valence electrons. The van der Waals surface area contributed by atoms with Crippen LogP contribution in [-0.2, 0) is 0 Å². The summed E-state index contributed by atoms with van der Waals surface area (Å²) in [5.74, 6) is 2.05. The van der Waals surface area contributed by atoms with Crippen LogP contribution in [0.2, 0.25) is 0 Å². The van der Waals surface area contributed by atoms with Gasteiger partial charge in [0, 0.05) is 21.0 Å². The van der Waals surface area contributed by atoms with Crippen molar-refractivity contribution >= 4 is 38.9 Å². The molecule has 0 fully saturated rings. The minimum absolute atomic E-state index is 0.640. The van der Waals surface area contributed by atoms with Crippen molar-refractivity contribution in [3.63, 3.8) is 0 Å². The molecule has 3 aromatic carbocycles. The van der Waals surface area contributed by atoms with Crippen LogP contribution < -0.4 is 10.2 Å². The van der Waals surface area contributed by atoms with Gasteiger partial charge in [-0.15, -0.1) is 0 Å². The monoisotopic (exact) mass is 432 g/mol. The van der Waals surface area contributed by atoms with E-state index in [-0.39, 0.29) is 0 Å². The lowest BCUT2D eigenvalue weighted by atomic mass is 10.2. The van der Waals surface area contributed by atoms with Crippen molar-refractivity contribution in [1.82, 2.24) is 9.97 Å². The fraction of sp³-hybridized carbons (Fsp3) is 0.0455. The lowest BCUT2D eigenvalue weighted by molar-refractivity contribution is 0.414. The largest absolute Gasteiger partial charge is 0.496 e. The van der Waals surface area contributed by atoms with Gasteiger partial charge in [-0.25, -0.2) is 9.97 Å². The van der Waals surface area contributed by atoms with Crippen LogP contribution >= 0.6 is 15.9 Å². The highest BCUT2D eigenvalue weighted by atomic mass is 79.9. The molecule has 0 saturated heterocycles. The van der Waals surface area contributed by atoms with Gasteiger partial charge in [-0.2, -0.15) is 5.10 Å². The smallest absolute Gasteiger partial charge is 0.162 e. The van der Waals surface area contributed by atoms with Gasteiger partial charge in [0.25, 0.3) is 0 Å². The Labute approximate surface area is 171 Å². The normalized spacial score (nSPS) is 11.1. The van der Waals surface area contributed by atoms with E-state index in [0.717, 1.165) is 32.3 Å². The van der Waals surface area contributed by atoms with Gasteiger partial charge in [-0.3, -0.25) is 5.43 Å². The maximum absolute atomic E-state index is 5.36. The van der Waals surface area contributed by atoms with Crippen LogP contribution in [0, 0.1) is 0 Å². The van der Waals surface area contributed by atoms with Gasteiger partial charge in [0.1, 0.15) is 5.75 Å². The number of aromatic nitrogens is 2. The van der Waals surface area contributed by atoms with E-state index in [0.29, 0.717) is 11.6 Å². The minimum Gasteiger partial charge on any atom is -0.496 e. The number of rotatable bonds is 5. The van der Waals surface area contributed by atoms with Crippen molar-refractivity contribution in [2.45, 2.75) is 0 Å². The molecule has 1 aromatic heterocycles. The van der Waals surface area contributed by atoms with Crippen molar-refractivity contribution in [2.75, 3.05) is 12.5 Å². The van der Waals surface area contributed by atoms with Crippen LogP contribution in [0.5, 0.6) is 5.75 Å². The Morgan fingerprint density at radius 3 is 2.50 bits per heavy atom. The molecule has 0 radical (unpaired) electrons. The average Bonchev–Trinajstić information content (AvgIpc) is 2.74. The third-order valence-corrected chi connectivity index (χ3v) is 4.75. The van der Waals surface area contributed by atoms with Crippen LogP contribution in [0.1, 0.15) is 5.56 Å². The molecule has 0 aliphatic carbocycles. The van der Waals surface area contributed by atoms with Crippen molar-refractivity contribution in [3.8, 4) is 17.1 Å². The summed E-state index contributed by atoms with van der Waals surface area (Å²) >= 11 is 3.46. The number of hydrazone groups is 1. The van der Waals surface area contributed by atoms with E-state index in [9.17, 15) is 0 Å². The number of ether oxygens (including phenoxy) is 1. The molecule has 28 heavy (non-hydrogen) atoms. The van der Waals surface area contributed by atoms with Gasteiger partial charge >= 0.3 is 0 Å². The molecule has 0 aliphatic heterocycles. The number of nitrogens with zero attached hydrogens (tertiary/aromatic N) is 3. The summed E-state index contributed by atoms with van der Waals surface area (Å²) < 4.78 is 6.37. The minimum atomic E-state index is 0.640. The molecule has 1 N–H and O–H groups in total. The molecule has 0 unspecified atom stereocenters. The van der Waals surface area contributed by atoms with E-state index in [2.05, 4.69) is 26.5 Å². The topological polar surface area (TPSA) is 59.4 Å². The Bertz CT molecular complexity index is 1140. The van der Waals surface area contributed by atoms with Gasteiger partial charge in [0.15, 0.2) is 11.6 Å². The summed E-state index contributed by atoms with van der Waals surface area (Å²) in [6, 6.07) is 23.5. The number of hydrogen-bond donors (Lipinski definition) is 1. The molecular weight excluding hydrogens is 416 g/mol. The zero-order chi connectivity index (χ0) is 19.3. The van der Waals surface area contributed by atoms with E-state index < -0.39 is 0 Å². The lowest BCUT2D eigenvalue weighted by Gasteiger charge is -2.08. The predicted octanol–water partition coefficient (Wildman–Crippen LogP) is 5.51. The van der Waals surface area contributed by atoms with Crippen molar-refractivity contribution in [3.05, 3.63) is 82.8 Å². The molecule has 0 bridgehead atoms. The van der Waals surface area contributed by atoms with Crippen LogP contribution in [0.4, 0.5) is 5.82 Å². The number of fused-ring (bicyclic) bond motifs is 1. The molecule has 1 heterocycles. The van der Waals surface area contributed by atoms with E-state index in [1.807, 2.05) is 72.8 Å². The van der Waals surface area contributed by atoms with Gasteiger partial charge in [0.05, 0.1) is 18.8 Å². The summed E-state index contributed by atoms with van der Waals surface area (Å²) in [4.78, 5) is 9.38. The zero-order valence-corrected chi connectivity index (χ0v) is 16.7. The molecule has 0 amide bonds. The standard InChI is InChI=1S/C22H17BrN4O/c1-28-20-9-5-2-6-16(20)14-24-27-22-18-7-3-4-8-19(18)25-21(26-22)15-10-12-17(23)13-11-15/h2-14H,1H3,(H,25,26,27)/b24-14+. The van der Waals surface area contributed by atoms with E-state index in [4.69, 9.17) is 14.7 Å². The van der Waals surface area contributed by atoms with Gasteiger partial charge in [-0.1, -0.05) is 52.3 Å². The molecule has 4 aromatic rings. The molecule has 0 atom stereocenters. The van der Waals surface area contributed by atoms with Gasteiger partial charge < -0.3 is 4.74 Å². The van der Waals surface area contributed by atoms with Crippen molar-refractivity contribution in [1.29, 1.82) is 0 Å². The lowest BCUT2D eigenvalue weighted by Crippen LogP contribution is -1.99. The predicted molar refractivity (Wildman–Crippen MR) is 117 cm³/mol. The second kappa shape index (κ2) is 8.19. The average molecular weight is 433 g/mol. The zero-order valence-electron chi connectivity index (χ0n) is 15.1. The maximum atomic E-state index is 5.36. The van der Waals surface area contributed by atoms with Gasteiger partial charge in [-0.05, 0) is 36.4 Å². The Kier molecular flexibility index (Phi) is 5.30. The quantitative estimate of drug-likeness (QED) is 0.333. The molecule has 0 aliphatic rings. The molecule has 4 rings (SSSR count). The number of methoxy groups -OCH3 is 1.